The van der Waals surface area contributed by atoms with Gasteiger partial charge in [0, 0.05) is 36.4 Å². The van der Waals surface area contributed by atoms with Gasteiger partial charge in [0.1, 0.15) is 0 Å². The van der Waals surface area contributed by atoms with E-state index in [-0.39, 0.29) is 0 Å². The van der Waals surface area contributed by atoms with Gasteiger partial charge in [-0.2, -0.15) is 0 Å². The molecular formula is C12H17ClN2. The molecule has 0 amide bonds. The molecule has 1 aromatic rings. The molecule has 2 nitrogen and oxygen atoms in total. The van der Waals surface area contributed by atoms with E-state index in [1.165, 1.54) is 11.3 Å². The van der Waals surface area contributed by atoms with Crippen molar-refractivity contribution in [1.82, 2.24) is 5.32 Å². The van der Waals surface area contributed by atoms with Crippen LogP contribution in [0.1, 0.15) is 12.5 Å². The van der Waals surface area contributed by atoms with Crippen LogP contribution in [0.3, 0.4) is 0 Å². The summed E-state index contributed by atoms with van der Waals surface area (Å²) < 4.78 is 0. The smallest absolute Gasteiger partial charge is 0.0455 e. The zero-order valence-corrected chi connectivity index (χ0v) is 10.0. The van der Waals surface area contributed by atoms with Crippen LogP contribution in [0.25, 0.3) is 0 Å². The molecule has 1 fully saturated rings. The first-order valence-corrected chi connectivity index (χ1v) is 5.80. The molecule has 0 aromatic heterocycles. The van der Waals surface area contributed by atoms with Gasteiger partial charge in [0.2, 0.25) is 0 Å². The summed E-state index contributed by atoms with van der Waals surface area (Å²) in [7, 11) is 0. The standard InChI is InChI=1S/C12H17ClN2/c1-9-8-14-6-7-15(9)12-5-3-4-11(13)10(12)2/h3-5,9,14H,6-8H2,1-2H3/t9-/m1/s1. The van der Waals surface area contributed by atoms with Gasteiger partial charge in [-0.3, -0.25) is 0 Å². The molecule has 0 spiro atoms. The Bertz CT molecular complexity index is 351. The van der Waals surface area contributed by atoms with E-state index in [0.717, 1.165) is 24.7 Å². The van der Waals surface area contributed by atoms with Crippen molar-refractivity contribution in [1.29, 1.82) is 0 Å². The predicted octanol–water partition coefficient (Wildman–Crippen LogP) is 2.45. The number of nitrogens with one attached hydrogen (secondary N) is 1. The fraction of sp³-hybridized carbons (Fsp3) is 0.500. The molecule has 82 valence electrons. The summed E-state index contributed by atoms with van der Waals surface area (Å²) >= 11 is 6.14. The number of halogens is 1. The Hall–Kier alpha value is -0.730. The van der Waals surface area contributed by atoms with Crippen LogP contribution in [0.2, 0.25) is 5.02 Å². The molecule has 1 aromatic carbocycles. The predicted molar refractivity (Wildman–Crippen MR) is 65.9 cm³/mol. The number of anilines is 1. The Labute approximate surface area is 96.2 Å². The van der Waals surface area contributed by atoms with E-state index >= 15 is 0 Å². The van der Waals surface area contributed by atoms with Crippen LogP contribution in [-0.4, -0.2) is 25.7 Å². The second-order valence-electron chi connectivity index (χ2n) is 4.13. The van der Waals surface area contributed by atoms with Crippen LogP contribution in [0.5, 0.6) is 0 Å². The molecule has 1 N–H and O–H groups in total. The number of hydrogen-bond acceptors (Lipinski definition) is 2. The van der Waals surface area contributed by atoms with Gasteiger partial charge >= 0.3 is 0 Å². The van der Waals surface area contributed by atoms with Crippen molar-refractivity contribution in [2.24, 2.45) is 0 Å². The molecule has 1 aliphatic rings. The first-order valence-electron chi connectivity index (χ1n) is 5.42. The van der Waals surface area contributed by atoms with Crippen LogP contribution in [0, 0.1) is 6.92 Å². The highest BCUT2D eigenvalue weighted by Gasteiger charge is 2.19. The Kier molecular flexibility index (Phi) is 3.17. The van der Waals surface area contributed by atoms with Crippen LogP contribution >= 0.6 is 11.6 Å². The normalized spacial score (nSPS) is 21.8. The average molecular weight is 225 g/mol. The Morgan fingerprint density at radius 1 is 1.47 bits per heavy atom. The van der Waals surface area contributed by atoms with Gasteiger partial charge in [-0.1, -0.05) is 17.7 Å². The SMILES string of the molecule is Cc1c(Cl)cccc1N1CCNC[C@H]1C. The summed E-state index contributed by atoms with van der Waals surface area (Å²) in [5.41, 5.74) is 2.46. The number of piperazine rings is 1. The number of hydrogen-bond donors (Lipinski definition) is 1. The Morgan fingerprint density at radius 3 is 3.00 bits per heavy atom. The van der Waals surface area contributed by atoms with Crippen molar-refractivity contribution < 1.29 is 0 Å². The van der Waals surface area contributed by atoms with Crippen molar-refractivity contribution in [2.75, 3.05) is 24.5 Å². The highest BCUT2D eigenvalue weighted by molar-refractivity contribution is 6.31. The topological polar surface area (TPSA) is 15.3 Å². The lowest BCUT2D eigenvalue weighted by molar-refractivity contribution is 0.500. The van der Waals surface area contributed by atoms with Gasteiger partial charge in [-0.15, -0.1) is 0 Å². The third kappa shape index (κ3) is 2.11. The molecule has 15 heavy (non-hydrogen) atoms. The fourth-order valence-electron chi connectivity index (χ4n) is 2.11. The summed E-state index contributed by atoms with van der Waals surface area (Å²) in [6, 6.07) is 6.67. The second kappa shape index (κ2) is 4.42. The highest BCUT2D eigenvalue weighted by Crippen LogP contribution is 2.28. The first-order chi connectivity index (χ1) is 7.20. The van der Waals surface area contributed by atoms with Crippen molar-refractivity contribution in [2.45, 2.75) is 19.9 Å². The minimum atomic E-state index is 0.538. The first kappa shape index (κ1) is 10.8. The van der Waals surface area contributed by atoms with Crippen LogP contribution < -0.4 is 10.2 Å². The summed E-state index contributed by atoms with van der Waals surface area (Å²) in [6.07, 6.45) is 0. The molecule has 3 heteroatoms. The maximum absolute atomic E-state index is 6.14. The van der Waals surface area contributed by atoms with Gasteiger partial charge < -0.3 is 10.2 Å². The summed E-state index contributed by atoms with van der Waals surface area (Å²) in [5.74, 6) is 0. The van der Waals surface area contributed by atoms with E-state index in [4.69, 9.17) is 11.6 Å². The van der Waals surface area contributed by atoms with E-state index in [0.29, 0.717) is 6.04 Å². The van der Waals surface area contributed by atoms with Gasteiger partial charge in [-0.25, -0.2) is 0 Å². The van der Waals surface area contributed by atoms with Gasteiger partial charge in [0.05, 0.1) is 0 Å². The Balaban J connectivity index is 2.31. The lowest BCUT2D eigenvalue weighted by Crippen LogP contribution is -2.50. The van der Waals surface area contributed by atoms with Crippen molar-refractivity contribution >= 4 is 17.3 Å². The van der Waals surface area contributed by atoms with Gasteiger partial charge in [-0.05, 0) is 31.5 Å². The number of rotatable bonds is 1. The highest BCUT2D eigenvalue weighted by atomic mass is 35.5. The molecular weight excluding hydrogens is 208 g/mol. The maximum atomic E-state index is 6.14. The monoisotopic (exact) mass is 224 g/mol. The minimum absolute atomic E-state index is 0.538. The Morgan fingerprint density at radius 2 is 2.27 bits per heavy atom. The zero-order chi connectivity index (χ0) is 10.8. The van der Waals surface area contributed by atoms with Crippen molar-refractivity contribution in [3.05, 3.63) is 28.8 Å². The quantitative estimate of drug-likeness (QED) is 0.789. The molecule has 1 heterocycles. The fourth-order valence-corrected chi connectivity index (χ4v) is 2.28. The van der Waals surface area contributed by atoms with E-state index in [2.05, 4.69) is 30.1 Å². The third-order valence-electron chi connectivity index (χ3n) is 3.05. The molecule has 0 radical (unpaired) electrons. The van der Waals surface area contributed by atoms with Crippen LogP contribution in [-0.2, 0) is 0 Å². The minimum Gasteiger partial charge on any atom is -0.366 e. The van der Waals surface area contributed by atoms with Crippen molar-refractivity contribution in [3.8, 4) is 0 Å². The summed E-state index contributed by atoms with van der Waals surface area (Å²) in [6.45, 7) is 7.49. The van der Waals surface area contributed by atoms with E-state index < -0.39 is 0 Å². The lowest BCUT2D eigenvalue weighted by atomic mass is 10.1. The molecule has 0 aliphatic carbocycles. The molecule has 1 atom stereocenters. The zero-order valence-electron chi connectivity index (χ0n) is 9.26. The largest absolute Gasteiger partial charge is 0.366 e. The summed E-state index contributed by atoms with van der Waals surface area (Å²) in [5, 5.41) is 4.25. The third-order valence-corrected chi connectivity index (χ3v) is 3.46. The van der Waals surface area contributed by atoms with Crippen LogP contribution in [0.4, 0.5) is 5.69 Å². The molecule has 1 aliphatic heterocycles. The molecule has 0 saturated carbocycles. The van der Waals surface area contributed by atoms with Gasteiger partial charge in [0.25, 0.3) is 0 Å². The average Bonchev–Trinajstić information content (AvgIpc) is 2.23. The van der Waals surface area contributed by atoms with Crippen molar-refractivity contribution in [3.63, 3.8) is 0 Å². The molecule has 0 unspecified atom stereocenters. The van der Waals surface area contributed by atoms with E-state index in [1.54, 1.807) is 0 Å². The molecule has 1 saturated heterocycles. The number of nitrogens with zero attached hydrogens (tertiary/aromatic N) is 1. The maximum Gasteiger partial charge on any atom is 0.0455 e. The molecule has 0 bridgehead atoms. The number of benzene rings is 1. The molecule has 2 rings (SSSR count). The van der Waals surface area contributed by atoms with E-state index in [9.17, 15) is 0 Å². The lowest BCUT2D eigenvalue weighted by Gasteiger charge is -2.37. The second-order valence-corrected chi connectivity index (χ2v) is 4.54. The van der Waals surface area contributed by atoms with E-state index in [1.807, 2.05) is 12.1 Å². The van der Waals surface area contributed by atoms with Crippen LogP contribution in [0.15, 0.2) is 18.2 Å². The van der Waals surface area contributed by atoms with Gasteiger partial charge in [0.15, 0.2) is 0 Å². The summed E-state index contributed by atoms with van der Waals surface area (Å²) in [4.78, 5) is 2.43.